The van der Waals surface area contributed by atoms with Gasteiger partial charge in [-0.2, -0.15) is 0 Å². The van der Waals surface area contributed by atoms with Crippen molar-refractivity contribution in [3.8, 4) is 0 Å². The van der Waals surface area contributed by atoms with Crippen LogP contribution in [0.15, 0.2) is 53.6 Å². The second-order valence-corrected chi connectivity index (χ2v) is 5.57. The summed E-state index contributed by atoms with van der Waals surface area (Å²) in [5.74, 6) is 0.814. The Labute approximate surface area is 127 Å². The number of aromatic amines is 2. The van der Waals surface area contributed by atoms with Crippen LogP contribution in [0.5, 0.6) is 0 Å². The highest BCUT2D eigenvalue weighted by Crippen LogP contribution is 2.30. The van der Waals surface area contributed by atoms with Gasteiger partial charge in [0.15, 0.2) is 0 Å². The highest BCUT2D eigenvalue weighted by molar-refractivity contribution is 5.79. The number of aryl methyl sites for hydroxylation is 2. The molecule has 5 nitrogen and oxygen atoms in total. The van der Waals surface area contributed by atoms with Gasteiger partial charge in [0.05, 0.1) is 22.4 Å². The molecule has 0 spiro atoms. The first-order valence-electron chi connectivity index (χ1n) is 7.24. The van der Waals surface area contributed by atoms with Crippen LogP contribution in [0.2, 0.25) is 0 Å². The third-order valence-electron chi connectivity index (χ3n) is 3.94. The highest BCUT2D eigenvalue weighted by Gasteiger charge is 2.12. The number of imidazole rings is 1. The summed E-state index contributed by atoms with van der Waals surface area (Å²) >= 11 is 0. The van der Waals surface area contributed by atoms with E-state index in [0.29, 0.717) is 0 Å². The van der Waals surface area contributed by atoms with E-state index in [1.54, 1.807) is 0 Å². The van der Waals surface area contributed by atoms with Gasteiger partial charge in [0.2, 0.25) is 0 Å². The fourth-order valence-corrected chi connectivity index (χ4v) is 2.84. The summed E-state index contributed by atoms with van der Waals surface area (Å²) in [7, 11) is 0. The minimum atomic E-state index is -0.162. The van der Waals surface area contributed by atoms with Crippen molar-refractivity contribution in [1.82, 2.24) is 9.97 Å². The lowest BCUT2D eigenvalue weighted by Crippen LogP contribution is -1.99. The standard InChI is InChI=1S/C17H16N4O/c1-10-18-13-6-4-11(8-15(13)19-10)2-3-12-5-7-14-16(9-12)21-17(22)20-14/h4-9,18-19H,1-3H2,(H2,20,21,22). The molecule has 110 valence electrons. The minimum absolute atomic E-state index is 0.162. The van der Waals surface area contributed by atoms with Crippen LogP contribution in [0.3, 0.4) is 0 Å². The Kier molecular flexibility index (Phi) is 2.79. The molecule has 0 radical (unpaired) electrons. The molecule has 3 aromatic rings. The van der Waals surface area contributed by atoms with Gasteiger partial charge in [0.25, 0.3) is 0 Å². The number of aromatic nitrogens is 2. The van der Waals surface area contributed by atoms with Crippen LogP contribution >= 0.6 is 0 Å². The number of H-pyrrole nitrogens is 2. The van der Waals surface area contributed by atoms with Crippen LogP contribution in [0, 0.1) is 0 Å². The summed E-state index contributed by atoms with van der Waals surface area (Å²) in [4.78, 5) is 16.8. The molecule has 5 heteroatoms. The van der Waals surface area contributed by atoms with Crippen molar-refractivity contribution >= 4 is 22.4 Å². The van der Waals surface area contributed by atoms with Gasteiger partial charge in [-0.1, -0.05) is 18.7 Å². The van der Waals surface area contributed by atoms with E-state index in [1.165, 1.54) is 11.1 Å². The number of fused-ring (bicyclic) bond motifs is 2. The number of hydrogen-bond donors (Lipinski definition) is 4. The van der Waals surface area contributed by atoms with Crippen molar-refractivity contribution in [1.29, 1.82) is 0 Å². The van der Waals surface area contributed by atoms with Gasteiger partial charge in [0.1, 0.15) is 5.82 Å². The van der Waals surface area contributed by atoms with E-state index >= 15 is 0 Å². The van der Waals surface area contributed by atoms with Gasteiger partial charge in [0, 0.05) is 0 Å². The maximum atomic E-state index is 11.3. The first-order chi connectivity index (χ1) is 10.7. The monoisotopic (exact) mass is 292 g/mol. The minimum Gasteiger partial charge on any atom is -0.341 e. The normalized spacial score (nSPS) is 13.0. The molecule has 0 unspecified atom stereocenters. The molecule has 2 aromatic carbocycles. The van der Waals surface area contributed by atoms with Crippen LogP contribution in [0.25, 0.3) is 11.0 Å². The van der Waals surface area contributed by atoms with E-state index in [0.717, 1.165) is 41.1 Å². The smallest absolute Gasteiger partial charge is 0.323 e. The van der Waals surface area contributed by atoms with Crippen molar-refractivity contribution in [3.05, 3.63) is 70.4 Å². The van der Waals surface area contributed by atoms with Crippen molar-refractivity contribution in [2.75, 3.05) is 10.6 Å². The summed E-state index contributed by atoms with van der Waals surface area (Å²) in [5.41, 5.74) is 6.17. The summed E-state index contributed by atoms with van der Waals surface area (Å²) in [5, 5.41) is 6.39. The van der Waals surface area contributed by atoms with Crippen LogP contribution in [-0.2, 0) is 12.8 Å². The molecule has 0 bridgehead atoms. The van der Waals surface area contributed by atoms with Gasteiger partial charge in [-0.15, -0.1) is 0 Å². The molecule has 1 aliphatic rings. The number of anilines is 2. The van der Waals surface area contributed by atoms with E-state index in [1.807, 2.05) is 12.1 Å². The topological polar surface area (TPSA) is 72.7 Å². The third kappa shape index (κ3) is 2.26. The molecular formula is C17H16N4O. The van der Waals surface area contributed by atoms with Crippen molar-refractivity contribution in [2.45, 2.75) is 12.8 Å². The Morgan fingerprint density at radius 2 is 1.50 bits per heavy atom. The largest absolute Gasteiger partial charge is 0.341 e. The zero-order chi connectivity index (χ0) is 15.1. The first-order valence-corrected chi connectivity index (χ1v) is 7.24. The van der Waals surface area contributed by atoms with Crippen LogP contribution < -0.4 is 16.3 Å². The number of hydrogen-bond acceptors (Lipinski definition) is 3. The Hall–Kier alpha value is -2.95. The maximum Gasteiger partial charge on any atom is 0.323 e. The Bertz CT molecular complexity index is 935. The maximum absolute atomic E-state index is 11.3. The number of nitrogens with one attached hydrogen (secondary N) is 4. The molecule has 0 atom stereocenters. The summed E-state index contributed by atoms with van der Waals surface area (Å²) < 4.78 is 0. The van der Waals surface area contributed by atoms with Crippen molar-refractivity contribution in [3.63, 3.8) is 0 Å². The van der Waals surface area contributed by atoms with E-state index in [9.17, 15) is 4.79 Å². The lowest BCUT2D eigenvalue weighted by molar-refractivity contribution is 0.963. The van der Waals surface area contributed by atoms with Crippen LogP contribution in [0.1, 0.15) is 11.1 Å². The van der Waals surface area contributed by atoms with E-state index in [-0.39, 0.29) is 5.69 Å². The molecule has 22 heavy (non-hydrogen) atoms. The average Bonchev–Trinajstić information content (AvgIpc) is 3.04. The zero-order valence-electron chi connectivity index (χ0n) is 12.0. The lowest BCUT2D eigenvalue weighted by Gasteiger charge is -2.05. The van der Waals surface area contributed by atoms with Gasteiger partial charge < -0.3 is 20.6 Å². The van der Waals surface area contributed by atoms with Gasteiger partial charge in [-0.25, -0.2) is 4.79 Å². The second-order valence-electron chi connectivity index (χ2n) is 5.57. The van der Waals surface area contributed by atoms with Crippen LogP contribution in [0.4, 0.5) is 11.4 Å². The second kappa shape index (κ2) is 4.80. The molecule has 0 aliphatic carbocycles. The van der Waals surface area contributed by atoms with Gasteiger partial charge in [-0.05, 0) is 48.2 Å². The quantitative estimate of drug-likeness (QED) is 0.600. The average molecular weight is 292 g/mol. The van der Waals surface area contributed by atoms with E-state index in [2.05, 4.69) is 51.4 Å². The predicted octanol–water partition coefficient (Wildman–Crippen LogP) is 2.95. The fraction of sp³-hybridized carbons (Fsp3) is 0.118. The highest BCUT2D eigenvalue weighted by atomic mass is 16.1. The molecule has 4 rings (SSSR count). The Morgan fingerprint density at radius 1 is 0.818 bits per heavy atom. The van der Waals surface area contributed by atoms with Crippen molar-refractivity contribution in [2.24, 2.45) is 0 Å². The first kappa shape index (κ1) is 12.8. The zero-order valence-corrected chi connectivity index (χ0v) is 12.0. The fourth-order valence-electron chi connectivity index (χ4n) is 2.84. The van der Waals surface area contributed by atoms with E-state index < -0.39 is 0 Å². The van der Waals surface area contributed by atoms with Crippen molar-refractivity contribution < 1.29 is 0 Å². The Balaban J connectivity index is 1.53. The van der Waals surface area contributed by atoms with Gasteiger partial charge in [-0.3, -0.25) is 0 Å². The van der Waals surface area contributed by atoms with Crippen LogP contribution in [-0.4, -0.2) is 9.97 Å². The van der Waals surface area contributed by atoms with Gasteiger partial charge >= 0.3 is 5.69 Å². The Morgan fingerprint density at radius 3 is 2.36 bits per heavy atom. The lowest BCUT2D eigenvalue weighted by atomic mass is 10.0. The SMILES string of the molecule is C=C1Nc2ccc(CCc3ccc4[nH]c(=O)[nH]c4c3)cc2N1. The summed E-state index contributed by atoms with van der Waals surface area (Å²) in [6.07, 6.45) is 1.87. The number of rotatable bonds is 3. The molecule has 0 fully saturated rings. The molecule has 1 aromatic heterocycles. The van der Waals surface area contributed by atoms with E-state index in [4.69, 9.17) is 0 Å². The predicted molar refractivity (Wildman–Crippen MR) is 89.2 cm³/mol. The third-order valence-corrected chi connectivity index (χ3v) is 3.94. The molecule has 4 N–H and O–H groups in total. The summed E-state index contributed by atoms with van der Waals surface area (Å²) in [6.45, 7) is 3.87. The molecule has 2 heterocycles. The number of benzene rings is 2. The molecular weight excluding hydrogens is 276 g/mol. The summed E-state index contributed by atoms with van der Waals surface area (Å²) in [6, 6.07) is 12.4. The molecule has 0 amide bonds. The molecule has 0 saturated carbocycles. The molecule has 0 saturated heterocycles. The molecule has 1 aliphatic heterocycles.